The summed E-state index contributed by atoms with van der Waals surface area (Å²) in [6.45, 7) is 7.36. The summed E-state index contributed by atoms with van der Waals surface area (Å²) < 4.78 is 0. The molecule has 6 nitrogen and oxygen atoms in total. The minimum absolute atomic E-state index is 0.0658. The fraction of sp³-hybridized carbons (Fsp3) is 0.647. The Morgan fingerprint density at radius 1 is 0.920 bits per heavy atom. The van der Waals surface area contributed by atoms with Gasteiger partial charge in [-0.1, -0.05) is 38.5 Å². The molecule has 0 atom stereocenters. The van der Waals surface area contributed by atoms with Gasteiger partial charge in [0.15, 0.2) is 5.11 Å². The molecular formula is C17H25N3O3S2. The highest BCUT2D eigenvalue weighted by Gasteiger charge is 2.43. The molecule has 2 heterocycles. The largest absolute Gasteiger partial charge is 0.306 e. The van der Waals surface area contributed by atoms with Gasteiger partial charge in [0.1, 0.15) is 5.57 Å². The molecule has 0 spiro atoms. The molecule has 3 amide bonds. The number of amides is 3. The van der Waals surface area contributed by atoms with Crippen molar-refractivity contribution in [1.29, 1.82) is 0 Å². The van der Waals surface area contributed by atoms with Gasteiger partial charge < -0.3 is 4.90 Å². The second-order valence-corrected chi connectivity index (χ2v) is 7.34. The van der Waals surface area contributed by atoms with Gasteiger partial charge in [-0.05, 0) is 32.0 Å². The highest BCUT2D eigenvalue weighted by atomic mass is 32.2. The quantitative estimate of drug-likeness (QED) is 0.384. The Bertz CT molecular complexity index is 586. The highest BCUT2D eigenvalue weighted by molar-refractivity contribution is 8.04. The van der Waals surface area contributed by atoms with Crippen LogP contribution in [0.5, 0.6) is 0 Å². The van der Waals surface area contributed by atoms with Crippen molar-refractivity contribution in [2.45, 2.75) is 46.5 Å². The Kier molecular flexibility index (Phi) is 7.01. The Morgan fingerprint density at radius 2 is 1.44 bits per heavy atom. The molecule has 25 heavy (non-hydrogen) atoms. The Balaban J connectivity index is 2.46. The monoisotopic (exact) mass is 383 g/mol. The third-order valence-corrected chi connectivity index (χ3v) is 5.79. The predicted molar refractivity (Wildman–Crippen MR) is 103 cm³/mol. The van der Waals surface area contributed by atoms with Gasteiger partial charge in [-0.25, -0.2) is 0 Å². The molecule has 0 bridgehead atoms. The molecule has 0 radical (unpaired) electrons. The van der Waals surface area contributed by atoms with Gasteiger partial charge in [-0.15, -0.1) is 0 Å². The molecule has 0 aromatic carbocycles. The first kappa shape index (κ1) is 19.9. The van der Waals surface area contributed by atoms with E-state index in [1.165, 1.54) is 26.5 Å². The van der Waals surface area contributed by atoms with Crippen molar-refractivity contribution in [1.82, 2.24) is 14.7 Å². The number of rotatable bonds is 7. The third kappa shape index (κ3) is 3.89. The predicted octanol–water partition coefficient (Wildman–Crippen LogP) is 2.35. The van der Waals surface area contributed by atoms with Crippen molar-refractivity contribution in [3.05, 3.63) is 10.6 Å². The van der Waals surface area contributed by atoms with Gasteiger partial charge in [0, 0.05) is 19.6 Å². The van der Waals surface area contributed by atoms with Crippen LogP contribution in [0.2, 0.25) is 0 Å². The zero-order valence-electron chi connectivity index (χ0n) is 15.0. The number of carbonyl (C=O) groups is 3. The van der Waals surface area contributed by atoms with Crippen LogP contribution in [-0.4, -0.2) is 62.9 Å². The van der Waals surface area contributed by atoms with E-state index in [9.17, 15) is 14.4 Å². The van der Waals surface area contributed by atoms with Gasteiger partial charge in [-0.3, -0.25) is 24.2 Å². The average molecular weight is 384 g/mol. The number of thioether (sulfide) groups is 1. The van der Waals surface area contributed by atoms with E-state index < -0.39 is 0 Å². The van der Waals surface area contributed by atoms with E-state index in [2.05, 4.69) is 0 Å². The van der Waals surface area contributed by atoms with E-state index in [0.29, 0.717) is 29.8 Å². The van der Waals surface area contributed by atoms with Gasteiger partial charge in [-0.2, -0.15) is 0 Å². The maximum Gasteiger partial charge on any atom is 0.268 e. The zero-order valence-corrected chi connectivity index (χ0v) is 16.7. The van der Waals surface area contributed by atoms with Crippen molar-refractivity contribution >= 4 is 46.8 Å². The van der Waals surface area contributed by atoms with Crippen LogP contribution in [0, 0.1) is 0 Å². The molecule has 2 fully saturated rings. The van der Waals surface area contributed by atoms with E-state index in [4.69, 9.17) is 12.2 Å². The van der Waals surface area contributed by atoms with Crippen LogP contribution < -0.4 is 0 Å². The standard InChI is InChI=1S/C17H25N3O3S2/c1-4-7-9-19-14(22)13(16-18(6-3)12(21)11-25-16)15(23)20(17(19)24)10-8-5-2/h4-11H2,1-3H3. The summed E-state index contributed by atoms with van der Waals surface area (Å²) in [5, 5.41) is 0.770. The molecule has 2 rings (SSSR count). The van der Waals surface area contributed by atoms with E-state index in [1.807, 2.05) is 20.8 Å². The molecule has 0 N–H and O–H groups in total. The number of unbranched alkanes of at least 4 members (excludes halogenated alkanes) is 2. The average Bonchev–Trinajstić information content (AvgIpc) is 2.95. The SMILES string of the molecule is CCCCN1C(=O)C(=C2SCC(=O)N2CC)C(=O)N(CCCC)C1=S. The van der Waals surface area contributed by atoms with Crippen molar-refractivity contribution in [2.24, 2.45) is 0 Å². The minimum Gasteiger partial charge on any atom is -0.306 e. The summed E-state index contributed by atoms with van der Waals surface area (Å²) in [6, 6.07) is 0. The molecule has 0 saturated carbocycles. The fourth-order valence-corrected chi connectivity index (χ4v) is 4.29. The van der Waals surface area contributed by atoms with Gasteiger partial charge >= 0.3 is 0 Å². The van der Waals surface area contributed by atoms with E-state index in [-0.39, 0.29) is 29.0 Å². The van der Waals surface area contributed by atoms with Crippen molar-refractivity contribution in [3.8, 4) is 0 Å². The molecule has 0 aromatic rings. The number of nitrogens with zero attached hydrogens (tertiary/aromatic N) is 3. The van der Waals surface area contributed by atoms with Crippen LogP contribution >= 0.6 is 24.0 Å². The second-order valence-electron chi connectivity index (χ2n) is 6.01. The molecule has 0 aliphatic carbocycles. The van der Waals surface area contributed by atoms with Gasteiger partial charge in [0.05, 0.1) is 10.8 Å². The van der Waals surface area contributed by atoms with E-state index in [1.54, 1.807) is 0 Å². The summed E-state index contributed by atoms with van der Waals surface area (Å²) in [4.78, 5) is 42.6. The lowest BCUT2D eigenvalue weighted by molar-refractivity contribution is -0.134. The lowest BCUT2D eigenvalue weighted by Crippen LogP contribution is -2.57. The Labute approximate surface area is 158 Å². The maximum atomic E-state index is 13.0. The lowest BCUT2D eigenvalue weighted by Gasteiger charge is -2.37. The van der Waals surface area contributed by atoms with E-state index in [0.717, 1.165) is 25.7 Å². The molecule has 8 heteroatoms. The first-order valence-electron chi connectivity index (χ1n) is 8.82. The molecule has 2 aliphatic rings. The van der Waals surface area contributed by atoms with Crippen molar-refractivity contribution < 1.29 is 14.4 Å². The van der Waals surface area contributed by atoms with Crippen molar-refractivity contribution in [2.75, 3.05) is 25.4 Å². The minimum atomic E-state index is -0.369. The number of carbonyl (C=O) groups excluding carboxylic acids is 3. The van der Waals surface area contributed by atoms with E-state index >= 15 is 0 Å². The third-order valence-electron chi connectivity index (χ3n) is 4.26. The van der Waals surface area contributed by atoms with Crippen LogP contribution in [0.1, 0.15) is 46.5 Å². The highest BCUT2D eigenvalue weighted by Crippen LogP contribution is 2.34. The second kappa shape index (κ2) is 8.80. The molecule has 0 unspecified atom stereocenters. The van der Waals surface area contributed by atoms with Crippen LogP contribution in [0.4, 0.5) is 0 Å². The zero-order chi connectivity index (χ0) is 18.6. The first-order valence-corrected chi connectivity index (χ1v) is 10.2. The number of hydrogen-bond donors (Lipinski definition) is 0. The smallest absolute Gasteiger partial charge is 0.268 e. The summed E-state index contributed by atoms with van der Waals surface area (Å²) in [5.74, 6) is -0.538. The van der Waals surface area contributed by atoms with Gasteiger partial charge in [0.2, 0.25) is 5.91 Å². The van der Waals surface area contributed by atoms with Gasteiger partial charge in [0.25, 0.3) is 11.8 Å². The first-order chi connectivity index (χ1) is 12.0. The summed E-state index contributed by atoms with van der Waals surface area (Å²) in [6.07, 6.45) is 3.48. The van der Waals surface area contributed by atoms with Crippen LogP contribution in [0.25, 0.3) is 0 Å². The molecular weight excluding hydrogens is 358 g/mol. The topological polar surface area (TPSA) is 60.9 Å². The molecule has 138 valence electrons. The number of thiocarbonyl (C=S) groups is 1. The van der Waals surface area contributed by atoms with Crippen LogP contribution in [-0.2, 0) is 14.4 Å². The summed E-state index contributed by atoms with van der Waals surface area (Å²) in [7, 11) is 0. The molecule has 2 aliphatic heterocycles. The summed E-state index contributed by atoms with van der Waals surface area (Å²) in [5.41, 5.74) is 0.0958. The number of hydrogen-bond acceptors (Lipinski definition) is 5. The Morgan fingerprint density at radius 3 is 1.88 bits per heavy atom. The normalized spacial score (nSPS) is 18.9. The van der Waals surface area contributed by atoms with Crippen LogP contribution in [0.3, 0.4) is 0 Å². The maximum absolute atomic E-state index is 13.0. The van der Waals surface area contributed by atoms with Crippen molar-refractivity contribution in [3.63, 3.8) is 0 Å². The lowest BCUT2D eigenvalue weighted by atomic mass is 10.1. The molecule has 0 aromatic heterocycles. The van der Waals surface area contributed by atoms with Crippen LogP contribution in [0.15, 0.2) is 10.6 Å². The Hall–Kier alpha value is -1.41. The summed E-state index contributed by atoms with van der Waals surface area (Å²) >= 11 is 6.71. The molecule has 2 saturated heterocycles. The fourth-order valence-electron chi connectivity index (χ4n) is 2.82.